The zero-order valence-corrected chi connectivity index (χ0v) is 11.3. The summed E-state index contributed by atoms with van der Waals surface area (Å²) in [5.41, 5.74) is 2.54. The van der Waals surface area contributed by atoms with E-state index in [1.54, 1.807) is 16.8 Å². The Morgan fingerprint density at radius 1 is 1.30 bits per heavy atom. The Balaban J connectivity index is 1.93. The lowest BCUT2D eigenvalue weighted by molar-refractivity contribution is 0.639. The van der Waals surface area contributed by atoms with Gasteiger partial charge in [-0.3, -0.25) is 4.68 Å². The SMILES string of the molecule is Cc1cc(CNc2ncnc3cccc(F)c23)n(C)n1. The fourth-order valence-electron chi connectivity index (χ4n) is 2.21. The van der Waals surface area contributed by atoms with E-state index in [0.717, 1.165) is 11.4 Å². The summed E-state index contributed by atoms with van der Waals surface area (Å²) in [6.45, 7) is 2.46. The molecule has 3 aromatic rings. The Hall–Kier alpha value is -2.50. The number of nitrogens with zero attached hydrogens (tertiary/aromatic N) is 4. The molecule has 0 aliphatic heterocycles. The third-order valence-electron chi connectivity index (χ3n) is 3.15. The van der Waals surface area contributed by atoms with Crippen LogP contribution in [0.1, 0.15) is 11.4 Å². The zero-order valence-electron chi connectivity index (χ0n) is 11.3. The molecule has 5 nitrogen and oxygen atoms in total. The highest BCUT2D eigenvalue weighted by Gasteiger charge is 2.09. The van der Waals surface area contributed by atoms with Crippen LogP contribution in [0.25, 0.3) is 10.9 Å². The fraction of sp³-hybridized carbons (Fsp3) is 0.214. The lowest BCUT2D eigenvalue weighted by Crippen LogP contribution is -2.07. The molecule has 1 N–H and O–H groups in total. The number of hydrogen-bond acceptors (Lipinski definition) is 4. The van der Waals surface area contributed by atoms with Gasteiger partial charge < -0.3 is 5.32 Å². The van der Waals surface area contributed by atoms with Gasteiger partial charge in [0.05, 0.1) is 28.8 Å². The molecule has 6 heteroatoms. The first-order chi connectivity index (χ1) is 9.65. The molecular formula is C14H14FN5. The van der Waals surface area contributed by atoms with Gasteiger partial charge in [-0.05, 0) is 25.1 Å². The summed E-state index contributed by atoms with van der Waals surface area (Å²) in [5, 5.41) is 7.83. The summed E-state index contributed by atoms with van der Waals surface area (Å²) in [6.07, 6.45) is 1.43. The predicted octanol–water partition coefficient (Wildman–Crippen LogP) is 2.42. The first-order valence-electron chi connectivity index (χ1n) is 6.28. The van der Waals surface area contributed by atoms with Crippen molar-refractivity contribution in [3.8, 4) is 0 Å². The zero-order chi connectivity index (χ0) is 14.1. The van der Waals surface area contributed by atoms with Crippen molar-refractivity contribution < 1.29 is 4.39 Å². The first-order valence-corrected chi connectivity index (χ1v) is 6.28. The van der Waals surface area contributed by atoms with E-state index in [0.29, 0.717) is 23.3 Å². The molecule has 0 atom stereocenters. The maximum Gasteiger partial charge on any atom is 0.140 e. The number of nitrogens with one attached hydrogen (secondary N) is 1. The standard InChI is InChI=1S/C14H14FN5/c1-9-6-10(20(2)19-9)7-16-14-13-11(15)4-3-5-12(13)17-8-18-14/h3-6,8H,7H2,1-2H3,(H,16,17,18). The number of aromatic nitrogens is 4. The van der Waals surface area contributed by atoms with E-state index in [2.05, 4.69) is 20.4 Å². The second kappa shape index (κ2) is 4.88. The van der Waals surface area contributed by atoms with E-state index in [1.165, 1.54) is 12.4 Å². The number of aryl methyl sites for hydroxylation is 2. The van der Waals surface area contributed by atoms with Gasteiger partial charge in [0, 0.05) is 7.05 Å². The van der Waals surface area contributed by atoms with Crippen LogP contribution in [0.3, 0.4) is 0 Å². The summed E-state index contributed by atoms with van der Waals surface area (Å²) in [7, 11) is 1.88. The number of fused-ring (bicyclic) bond motifs is 1. The van der Waals surface area contributed by atoms with Crippen molar-refractivity contribution in [2.75, 3.05) is 5.32 Å². The third-order valence-corrected chi connectivity index (χ3v) is 3.15. The Morgan fingerprint density at radius 3 is 2.90 bits per heavy atom. The van der Waals surface area contributed by atoms with Gasteiger partial charge in [-0.25, -0.2) is 14.4 Å². The van der Waals surface area contributed by atoms with Crippen molar-refractivity contribution in [2.24, 2.45) is 7.05 Å². The molecule has 0 aliphatic carbocycles. The molecule has 0 unspecified atom stereocenters. The van der Waals surface area contributed by atoms with Gasteiger partial charge in [0.2, 0.25) is 0 Å². The lowest BCUT2D eigenvalue weighted by atomic mass is 10.2. The highest BCUT2D eigenvalue weighted by Crippen LogP contribution is 2.22. The second-order valence-electron chi connectivity index (χ2n) is 4.61. The first kappa shape index (κ1) is 12.5. The van der Waals surface area contributed by atoms with Crippen molar-refractivity contribution in [2.45, 2.75) is 13.5 Å². The molecule has 0 saturated heterocycles. The topological polar surface area (TPSA) is 55.6 Å². The van der Waals surface area contributed by atoms with Gasteiger partial charge in [-0.15, -0.1) is 0 Å². The Morgan fingerprint density at radius 2 is 2.15 bits per heavy atom. The molecule has 0 amide bonds. The number of hydrogen-bond donors (Lipinski definition) is 1. The predicted molar refractivity (Wildman–Crippen MR) is 74.8 cm³/mol. The molecule has 102 valence electrons. The summed E-state index contributed by atoms with van der Waals surface area (Å²) >= 11 is 0. The Bertz CT molecular complexity index is 760. The maximum atomic E-state index is 13.9. The summed E-state index contributed by atoms with van der Waals surface area (Å²) in [6, 6.07) is 6.79. The van der Waals surface area contributed by atoms with E-state index in [9.17, 15) is 4.39 Å². The number of anilines is 1. The minimum Gasteiger partial charge on any atom is -0.364 e. The molecular weight excluding hydrogens is 257 g/mol. The van der Waals surface area contributed by atoms with Crippen LogP contribution in [0, 0.1) is 12.7 Å². The van der Waals surface area contributed by atoms with Gasteiger partial charge in [0.25, 0.3) is 0 Å². The van der Waals surface area contributed by atoms with Crippen LogP contribution in [-0.2, 0) is 13.6 Å². The molecule has 3 rings (SSSR count). The van der Waals surface area contributed by atoms with Gasteiger partial charge in [0.15, 0.2) is 0 Å². The quantitative estimate of drug-likeness (QED) is 0.795. The molecule has 2 aromatic heterocycles. The van der Waals surface area contributed by atoms with E-state index < -0.39 is 0 Å². The molecule has 0 bridgehead atoms. The van der Waals surface area contributed by atoms with E-state index >= 15 is 0 Å². The normalized spacial score (nSPS) is 10.9. The van der Waals surface area contributed by atoms with Crippen LogP contribution in [0.4, 0.5) is 10.2 Å². The molecule has 20 heavy (non-hydrogen) atoms. The molecule has 1 aromatic carbocycles. The fourth-order valence-corrected chi connectivity index (χ4v) is 2.21. The third kappa shape index (κ3) is 2.20. The smallest absolute Gasteiger partial charge is 0.140 e. The van der Waals surface area contributed by atoms with Crippen LogP contribution in [0.15, 0.2) is 30.6 Å². The van der Waals surface area contributed by atoms with Crippen LogP contribution in [0.5, 0.6) is 0 Å². The lowest BCUT2D eigenvalue weighted by Gasteiger charge is -2.08. The van der Waals surface area contributed by atoms with Gasteiger partial charge >= 0.3 is 0 Å². The second-order valence-corrected chi connectivity index (χ2v) is 4.61. The number of rotatable bonds is 3. The van der Waals surface area contributed by atoms with Gasteiger partial charge in [-0.1, -0.05) is 6.07 Å². The van der Waals surface area contributed by atoms with Crippen molar-refractivity contribution in [3.63, 3.8) is 0 Å². The summed E-state index contributed by atoms with van der Waals surface area (Å²) in [5.74, 6) is 0.165. The Labute approximate surface area is 115 Å². The number of benzene rings is 1. The summed E-state index contributed by atoms with van der Waals surface area (Å²) < 4.78 is 15.7. The average molecular weight is 271 g/mol. The monoisotopic (exact) mass is 271 g/mol. The van der Waals surface area contributed by atoms with E-state index in [-0.39, 0.29) is 5.82 Å². The van der Waals surface area contributed by atoms with Crippen LogP contribution in [-0.4, -0.2) is 19.7 Å². The van der Waals surface area contributed by atoms with Crippen molar-refractivity contribution in [1.29, 1.82) is 0 Å². The van der Waals surface area contributed by atoms with E-state index in [1.807, 2.05) is 20.0 Å². The average Bonchev–Trinajstić information content (AvgIpc) is 2.75. The van der Waals surface area contributed by atoms with Gasteiger partial charge in [-0.2, -0.15) is 5.10 Å². The van der Waals surface area contributed by atoms with Crippen molar-refractivity contribution in [1.82, 2.24) is 19.7 Å². The molecule has 0 aliphatic rings. The Kier molecular flexibility index (Phi) is 3.06. The van der Waals surface area contributed by atoms with Gasteiger partial charge in [0.1, 0.15) is 18.0 Å². The molecule has 0 radical (unpaired) electrons. The van der Waals surface area contributed by atoms with Crippen LogP contribution >= 0.6 is 0 Å². The largest absolute Gasteiger partial charge is 0.364 e. The van der Waals surface area contributed by atoms with E-state index in [4.69, 9.17) is 0 Å². The molecule has 0 spiro atoms. The minimum atomic E-state index is -0.327. The van der Waals surface area contributed by atoms with Crippen LogP contribution in [0.2, 0.25) is 0 Å². The minimum absolute atomic E-state index is 0.327. The molecule has 0 fully saturated rings. The highest BCUT2D eigenvalue weighted by molar-refractivity contribution is 5.89. The summed E-state index contributed by atoms with van der Waals surface area (Å²) in [4.78, 5) is 8.20. The highest BCUT2D eigenvalue weighted by atomic mass is 19.1. The van der Waals surface area contributed by atoms with Crippen LogP contribution < -0.4 is 5.32 Å². The molecule has 0 saturated carbocycles. The van der Waals surface area contributed by atoms with Crippen molar-refractivity contribution in [3.05, 3.63) is 47.8 Å². The molecule has 2 heterocycles. The maximum absolute atomic E-state index is 13.9. The number of halogens is 1. The van der Waals surface area contributed by atoms with Crippen molar-refractivity contribution >= 4 is 16.7 Å².